The fourth-order valence-electron chi connectivity index (χ4n) is 3.05. The summed E-state index contributed by atoms with van der Waals surface area (Å²) in [7, 11) is 0. The van der Waals surface area contributed by atoms with Crippen molar-refractivity contribution in [2.75, 3.05) is 37.6 Å². The predicted molar refractivity (Wildman–Crippen MR) is 92.8 cm³/mol. The van der Waals surface area contributed by atoms with E-state index < -0.39 is 0 Å². The van der Waals surface area contributed by atoms with E-state index in [1.165, 1.54) is 6.92 Å². The van der Waals surface area contributed by atoms with Gasteiger partial charge in [0, 0.05) is 33.1 Å². The molecule has 1 saturated heterocycles. The third-order valence-corrected chi connectivity index (χ3v) is 4.46. The van der Waals surface area contributed by atoms with Crippen LogP contribution in [-0.4, -0.2) is 60.7 Å². The number of carbonyl (C=O) groups excluding carboxylic acids is 3. The van der Waals surface area contributed by atoms with Crippen LogP contribution in [-0.2, 0) is 20.8 Å². The molecular formula is C18H25N3O3. The molecule has 1 aromatic carbocycles. The number of aryl methyl sites for hydroxylation is 2. The van der Waals surface area contributed by atoms with Gasteiger partial charge in [-0.3, -0.25) is 14.4 Å². The van der Waals surface area contributed by atoms with E-state index in [4.69, 9.17) is 0 Å². The standard InChI is InChI=1S/C18H25N3O3/c1-4-16-7-5-6-14(2)18(16)21(15(3)23)12-17(24)20-10-8-19(13-22)9-11-20/h5-7,13H,4,8-12H2,1-3H3. The van der Waals surface area contributed by atoms with Crippen molar-refractivity contribution in [2.24, 2.45) is 0 Å². The summed E-state index contributed by atoms with van der Waals surface area (Å²) in [5, 5.41) is 0. The maximum Gasteiger partial charge on any atom is 0.242 e. The molecule has 1 heterocycles. The van der Waals surface area contributed by atoms with Gasteiger partial charge in [-0.1, -0.05) is 25.1 Å². The summed E-state index contributed by atoms with van der Waals surface area (Å²) in [5.41, 5.74) is 2.89. The fraction of sp³-hybridized carbons (Fsp3) is 0.500. The molecular weight excluding hydrogens is 306 g/mol. The minimum Gasteiger partial charge on any atom is -0.342 e. The molecule has 2 rings (SSSR count). The minimum atomic E-state index is -0.140. The van der Waals surface area contributed by atoms with Crippen LogP contribution in [0, 0.1) is 6.92 Å². The topological polar surface area (TPSA) is 60.9 Å². The number of benzene rings is 1. The number of hydrogen-bond acceptors (Lipinski definition) is 3. The van der Waals surface area contributed by atoms with E-state index in [-0.39, 0.29) is 18.4 Å². The van der Waals surface area contributed by atoms with Crippen LogP contribution < -0.4 is 4.90 Å². The molecule has 1 fully saturated rings. The molecule has 130 valence electrons. The zero-order valence-electron chi connectivity index (χ0n) is 14.6. The van der Waals surface area contributed by atoms with Crippen molar-refractivity contribution in [1.82, 2.24) is 9.80 Å². The van der Waals surface area contributed by atoms with Gasteiger partial charge in [-0.15, -0.1) is 0 Å². The number of amides is 3. The third kappa shape index (κ3) is 3.93. The zero-order chi connectivity index (χ0) is 17.7. The molecule has 6 nitrogen and oxygen atoms in total. The lowest BCUT2D eigenvalue weighted by Crippen LogP contribution is -2.51. The van der Waals surface area contributed by atoms with E-state index in [2.05, 4.69) is 0 Å². The second-order valence-corrected chi connectivity index (χ2v) is 6.06. The molecule has 0 aromatic heterocycles. The van der Waals surface area contributed by atoms with Gasteiger partial charge in [0.15, 0.2) is 0 Å². The molecule has 6 heteroatoms. The maximum absolute atomic E-state index is 12.6. The first-order valence-corrected chi connectivity index (χ1v) is 8.31. The van der Waals surface area contributed by atoms with Crippen molar-refractivity contribution < 1.29 is 14.4 Å². The van der Waals surface area contributed by atoms with Crippen LogP contribution in [0.2, 0.25) is 0 Å². The first kappa shape index (κ1) is 18.0. The van der Waals surface area contributed by atoms with Crippen LogP contribution in [0.3, 0.4) is 0 Å². The SMILES string of the molecule is CCc1cccc(C)c1N(CC(=O)N1CCN(C=O)CC1)C(C)=O. The summed E-state index contributed by atoms with van der Waals surface area (Å²) < 4.78 is 0. The Morgan fingerprint density at radius 1 is 1.21 bits per heavy atom. The van der Waals surface area contributed by atoms with E-state index in [9.17, 15) is 14.4 Å². The first-order valence-electron chi connectivity index (χ1n) is 8.31. The predicted octanol–water partition coefficient (Wildman–Crippen LogP) is 1.21. The summed E-state index contributed by atoms with van der Waals surface area (Å²) in [6.07, 6.45) is 1.61. The quantitative estimate of drug-likeness (QED) is 0.762. The van der Waals surface area contributed by atoms with Crippen LogP contribution in [0.4, 0.5) is 5.69 Å². The molecule has 0 bridgehead atoms. The van der Waals surface area contributed by atoms with Gasteiger partial charge in [0.1, 0.15) is 6.54 Å². The van der Waals surface area contributed by atoms with E-state index in [1.54, 1.807) is 14.7 Å². The normalized spacial score (nSPS) is 14.5. The van der Waals surface area contributed by atoms with Crippen molar-refractivity contribution in [3.63, 3.8) is 0 Å². The number of para-hydroxylation sites is 1. The Balaban J connectivity index is 2.17. The number of carbonyl (C=O) groups is 3. The van der Waals surface area contributed by atoms with Crippen molar-refractivity contribution in [3.8, 4) is 0 Å². The Hall–Kier alpha value is -2.37. The Kier molecular flexibility index (Phi) is 5.95. The second-order valence-electron chi connectivity index (χ2n) is 6.06. The summed E-state index contributed by atoms with van der Waals surface area (Å²) in [4.78, 5) is 40.5. The van der Waals surface area contributed by atoms with Gasteiger partial charge in [0.25, 0.3) is 0 Å². The summed E-state index contributed by atoms with van der Waals surface area (Å²) >= 11 is 0. The van der Waals surface area contributed by atoms with Crippen LogP contribution >= 0.6 is 0 Å². The van der Waals surface area contributed by atoms with Gasteiger partial charge in [0.2, 0.25) is 18.2 Å². The highest BCUT2D eigenvalue weighted by Gasteiger charge is 2.25. The number of rotatable bonds is 5. The monoisotopic (exact) mass is 331 g/mol. The minimum absolute atomic E-state index is 0.0360. The van der Waals surface area contributed by atoms with Gasteiger partial charge in [-0.2, -0.15) is 0 Å². The van der Waals surface area contributed by atoms with Crippen LogP contribution in [0.15, 0.2) is 18.2 Å². The van der Waals surface area contributed by atoms with Crippen LogP contribution in [0.25, 0.3) is 0 Å². The average molecular weight is 331 g/mol. The molecule has 0 saturated carbocycles. The number of piperazine rings is 1. The van der Waals surface area contributed by atoms with E-state index in [0.29, 0.717) is 26.2 Å². The van der Waals surface area contributed by atoms with Crippen LogP contribution in [0.1, 0.15) is 25.0 Å². The molecule has 1 aliphatic rings. The zero-order valence-corrected chi connectivity index (χ0v) is 14.6. The lowest BCUT2D eigenvalue weighted by atomic mass is 10.0. The van der Waals surface area contributed by atoms with Gasteiger partial charge >= 0.3 is 0 Å². The lowest BCUT2D eigenvalue weighted by molar-refractivity contribution is -0.134. The van der Waals surface area contributed by atoms with E-state index in [1.807, 2.05) is 32.0 Å². The van der Waals surface area contributed by atoms with E-state index in [0.717, 1.165) is 29.6 Å². The summed E-state index contributed by atoms with van der Waals surface area (Å²) in [5.74, 6) is -0.222. The number of hydrogen-bond donors (Lipinski definition) is 0. The highest BCUT2D eigenvalue weighted by atomic mass is 16.2. The fourth-order valence-corrected chi connectivity index (χ4v) is 3.05. The van der Waals surface area contributed by atoms with Crippen molar-refractivity contribution in [3.05, 3.63) is 29.3 Å². The smallest absolute Gasteiger partial charge is 0.242 e. The van der Waals surface area contributed by atoms with Gasteiger partial charge < -0.3 is 14.7 Å². The molecule has 1 aromatic rings. The lowest BCUT2D eigenvalue weighted by Gasteiger charge is -2.34. The molecule has 0 N–H and O–H groups in total. The molecule has 0 aliphatic carbocycles. The maximum atomic E-state index is 12.6. The third-order valence-electron chi connectivity index (χ3n) is 4.46. The van der Waals surface area contributed by atoms with Crippen molar-refractivity contribution >= 4 is 23.9 Å². The van der Waals surface area contributed by atoms with Gasteiger partial charge in [0.05, 0.1) is 5.69 Å². The summed E-state index contributed by atoms with van der Waals surface area (Å²) in [6.45, 7) is 7.63. The highest BCUT2D eigenvalue weighted by Crippen LogP contribution is 2.26. The first-order chi connectivity index (χ1) is 11.5. The van der Waals surface area contributed by atoms with Gasteiger partial charge in [-0.05, 0) is 24.5 Å². The Morgan fingerprint density at radius 3 is 2.42 bits per heavy atom. The number of nitrogens with zero attached hydrogens (tertiary/aromatic N) is 3. The molecule has 0 atom stereocenters. The van der Waals surface area contributed by atoms with Gasteiger partial charge in [-0.25, -0.2) is 0 Å². The van der Waals surface area contributed by atoms with Crippen molar-refractivity contribution in [1.29, 1.82) is 0 Å². The van der Waals surface area contributed by atoms with Crippen molar-refractivity contribution in [2.45, 2.75) is 27.2 Å². The Morgan fingerprint density at radius 2 is 1.88 bits per heavy atom. The molecule has 1 aliphatic heterocycles. The second kappa shape index (κ2) is 7.95. The van der Waals surface area contributed by atoms with E-state index >= 15 is 0 Å². The molecule has 3 amide bonds. The summed E-state index contributed by atoms with van der Waals surface area (Å²) in [6, 6.07) is 5.92. The molecule has 0 unspecified atom stereocenters. The Labute approximate surface area is 143 Å². The average Bonchev–Trinajstić information content (AvgIpc) is 2.59. The molecule has 24 heavy (non-hydrogen) atoms. The largest absolute Gasteiger partial charge is 0.342 e. The Bertz CT molecular complexity index is 622. The molecule has 0 spiro atoms. The molecule has 0 radical (unpaired) electrons. The van der Waals surface area contributed by atoms with Crippen LogP contribution in [0.5, 0.6) is 0 Å². The highest BCUT2D eigenvalue weighted by molar-refractivity contribution is 5.98. The number of anilines is 1.